The lowest BCUT2D eigenvalue weighted by Crippen LogP contribution is -2.29. The molecule has 7 heteroatoms. The van der Waals surface area contributed by atoms with Crippen LogP contribution in [0.5, 0.6) is 0 Å². The molecule has 0 radical (unpaired) electrons. The van der Waals surface area contributed by atoms with Crippen molar-refractivity contribution in [2.45, 2.75) is 6.54 Å². The van der Waals surface area contributed by atoms with Gasteiger partial charge in [-0.3, -0.25) is 14.4 Å². The monoisotopic (exact) mass is 319 g/mol. The summed E-state index contributed by atoms with van der Waals surface area (Å²) >= 11 is 5.76. The molecule has 2 aromatic rings. The molecule has 0 saturated carbocycles. The SMILES string of the molecule is CNC(=O)c1ccc(=O)n(CC(=O)Nc2ccc(Cl)cc2)c1. The van der Waals surface area contributed by atoms with Crippen LogP contribution in [0.2, 0.25) is 5.02 Å². The van der Waals surface area contributed by atoms with Crippen LogP contribution in [-0.4, -0.2) is 23.4 Å². The van der Waals surface area contributed by atoms with Crippen LogP contribution in [0.4, 0.5) is 5.69 Å². The summed E-state index contributed by atoms with van der Waals surface area (Å²) < 4.78 is 1.18. The Morgan fingerprint density at radius 2 is 1.82 bits per heavy atom. The van der Waals surface area contributed by atoms with Gasteiger partial charge in [0.05, 0.1) is 5.56 Å². The maximum atomic E-state index is 12.0. The highest BCUT2D eigenvalue weighted by Crippen LogP contribution is 2.13. The maximum absolute atomic E-state index is 12.0. The average molecular weight is 320 g/mol. The Morgan fingerprint density at radius 3 is 2.45 bits per heavy atom. The Bertz CT molecular complexity index is 753. The molecule has 0 unspecified atom stereocenters. The smallest absolute Gasteiger partial charge is 0.252 e. The molecule has 2 amide bonds. The van der Waals surface area contributed by atoms with Crippen LogP contribution in [0, 0.1) is 0 Å². The molecule has 114 valence electrons. The van der Waals surface area contributed by atoms with E-state index in [2.05, 4.69) is 10.6 Å². The Hall–Kier alpha value is -2.60. The van der Waals surface area contributed by atoms with E-state index in [0.29, 0.717) is 16.3 Å². The first-order valence-electron chi connectivity index (χ1n) is 6.47. The Labute approximate surface area is 131 Å². The van der Waals surface area contributed by atoms with Gasteiger partial charge in [-0.2, -0.15) is 0 Å². The molecule has 0 aliphatic rings. The highest BCUT2D eigenvalue weighted by molar-refractivity contribution is 6.30. The highest BCUT2D eigenvalue weighted by Gasteiger charge is 2.09. The summed E-state index contributed by atoms with van der Waals surface area (Å²) in [6, 6.07) is 9.27. The molecular formula is C15H14ClN3O3. The summed E-state index contributed by atoms with van der Waals surface area (Å²) in [7, 11) is 1.49. The van der Waals surface area contributed by atoms with Gasteiger partial charge in [-0.05, 0) is 30.3 Å². The van der Waals surface area contributed by atoms with Gasteiger partial charge in [-0.1, -0.05) is 11.6 Å². The van der Waals surface area contributed by atoms with E-state index < -0.39 is 0 Å². The van der Waals surface area contributed by atoms with Gasteiger partial charge >= 0.3 is 0 Å². The number of benzene rings is 1. The number of carbonyl (C=O) groups excluding carboxylic acids is 2. The number of rotatable bonds is 4. The van der Waals surface area contributed by atoms with Gasteiger partial charge in [0.1, 0.15) is 6.54 Å². The fraction of sp³-hybridized carbons (Fsp3) is 0.133. The Morgan fingerprint density at radius 1 is 1.14 bits per heavy atom. The van der Waals surface area contributed by atoms with Gasteiger partial charge < -0.3 is 15.2 Å². The van der Waals surface area contributed by atoms with E-state index in [-0.39, 0.29) is 23.9 Å². The van der Waals surface area contributed by atoms with Gasteiger partial charge in [0.15, 0.2) is 0 Å². The zero-order valence-electron chi connectivity index (χ0n) is 11.8. The van der Waals surface area contributed by atoms with Crippen LogP contribution >= 0.6 is 11.6 Å². The van der Waals surface area contributed by atoms with Crippen molar-refractivity contribution >= 4 is 29.1 Å². The van der Waals surface area contributed by atoms with Crippen molar-refractivity contribution in [2.24, 2.45) is 0 Å². The van der Waals surface area contributed by atoms with E-state index >= 15 is 0 Å². The summed E-state index contributed by atoms with van der Waals surface area (Å²) in [5, 5.41) is 5.67. The number of hydrogen-bond acceptors (Lipinski definition) is 3. The normalized spacial score (nSPS) is 10.1. The topological polar surface area (TPSA) is 80.2 Å². The van der Waals surface area contributed by atoms with Crippen molar-refractivity contribution in [3.63, 3.8) is 0 Å². The third-order valence-corrected chi connectivity index (χ3v) is 3.17. The summed E-state index contributed by atoms with van der Waals surface area (Å²) in [5.41, 5.74) is 0.519. The number of nitrogens with one attached hydrogen (secondary N) is 2. The van der Waals surface area contributed by atoms with Crippen LogP contribution < -0.4 is 16.2 Å². The standard InChI is InChI=1S/C15H14ClN3O3/c1-17-15(22)10-2-7-14(21)19(8-10)9-13(20)18-12-5-3-11(16)4-6-12/h2-8H,9H2,1H3,(H,17,22)(H,18,20). The minimum absolute atomic E-state index is 0.188. The van der Waals surface area contributed by atoms with E-state index in [0.717, 1.165) is 0 Å². The number of carbonyl (C=O) groups is 2. The number of aromatic nitrogens is 1. The number of hydrogen-bond donors (Lipinski definition) is 2. The van der Waals surface area contributed by atoms with E-state index in [1.54, 1.807) is 24.3 Å². The molecular weight excluding hydrogens is 306 g/mol. The van der Waals surface area contributed by atoms with Crippen LogP contribution in [-0.2, 0) is 11.3 Å². The molecule has 0 bridgehead atoms. The van der Waals surface area contributed by atoms with Gasteiger partial charge in [-0.25, -0.2) is 0 Å². The first-order chi connectivity index (χ1) is 10.5. The predicted octanol–water partition coefficient (Wildman–Crippen LogP) is 1.50. The number of anilines is 1. The molecule has 0 spiro atoms. The fourth-order valence-electron chi connectivity index (χ4n) is 1.82. The maximum Gasteiger partial charge on any atom is 0.252 e. The molecule has 6 nitrogen and oxygen atoms in total. The predicted molar refractivity (Wildman–Crippen MR) is 84.2 cm³/mol. The van der Waals surface area contributed by atoms with Gasteiger partial charge in [0.25, 0.3) is 11.5 Å². The first-order valence-corrected chi connectivity index (χ1v) is 6.85. The third kappa shape index (κ3) is 3.95. The largest absolute Gasteiger partial charge is 0.355 e. The van der Waals surface area contributed by atoms with E-state index in [1.165, 1.54) is 29.9 Å². The van der Waals surface area contributed by atoms with Crippen molar-refractivity contribution in [2.75, 3.05) is 12.4 Å². The molecule has 0 atom stereocenters. The second kappa shape index (κ2) is 6.91. The minimum atomic E-state index is -0.376. The van der Waals surface area contributed by atoms with Crippen LogP contribution in [0.3, 0.4) is 0 Å². The number of halogens is 1. The summed E-state index contributed by atoms with van der Waals surface area (Å²) in [6.07, 6.45) is 1.35. The van der Waals surface area contributed by atoms with Crippen LogP contribution in [0.1, 0.15) is 10.4 Å². The van der Waals surface area contributed by atoms with Crippen molar-refractivity contribution in [3.8, 4) is 0 Å². The molecule has 0 aliphatic carbocycles. The minimum Gasteiger partial charge on any atom is -0.355 e. The summed E-state index contributed by atoms with van der Waals surface area (Å²) in [6.45, 7) is -0.188. The second-order valence-electron chi connectivity index (χ2n) is 4.52. The fourth-order valence-corrected chi connectivity index (χ4v) is 1.95. The molecule has 1 heterocycles. The average Bonchev–Trinajstić information content (AvgIpc) is 2.51. The quantitative estimate of drug-likeness (QED) is 0.896. The molecule has 1 aromatic carbocycles. The third-order valence-electron chi connectivity index (χ3n) is 2.91. The lowest BCUT2D eigenvalue weighted by Gasteiger charge is -2.09. The number of nitrogens with zero attached hydrogens (tertiary/aromatic N) is 1. The van der Waals surface area contributed by atoms with Gasteiger partial charge in [0, 0.05) is 30.0 Å². The second-order valence-corrected chi connectivity index (χ2v) is 4.95. The van der Waals surface area contributed by atoms with Crippen molar-refractivity contribution < 1.29 is 9.59 Å². The lowest BCUT2D eigenvalue weighted by molar-refractivity contribution is -0.116. The summed E-state index contributed by atoms with van der Waals surface area (Å²) in [4.78, 5) is 35.3. The molecule has 0 saturated heterocycles. The van der Waals surface area contributed by atoms with Crippen molar-refractivity contribution in [1.82, 2.24) is 9.88 Å². The molecule has 2 rings (SSSR count). The molecule has 0 aliphatic heterocycles. The zero-order chi connectivity index (χ0) is 16.1. The molecule has 2 N–H and O–H groups in total. The molecule has 1 aromatic heterocycles. The van der Waals surface area contributed by atoms with Crippen LogP contribution in [0.15, 0.2) is 47.4 Å². The van der Waals surface area contributed by atoms with E-state index in [1.807, 2.05) is 0 Å². The number of amides is 2. The molecule has 22 heavy (non-hydrogen) atoms. The lowest BCUT2D eigenvalue weighted by atomic mass is 10.2. The van der Waals surface area contributed by atoms with Crippen molar-refractivity contribution in [3.05, 3.63) is 63.5 Å². The van der Waals surface area contributed by atoms with Gasteiger partial charge in [-0.15, -0.1) is 0 Å². The van der Waals surface area contributed by atoms with Crippen LogP contribution in [0.25, 0.3) is 0 Å². The van der Waals surface area contributed by atoms with Crippen molar-refractivity contribution in [1.29, 1.82) is 0 Å². The van der Waals surface area contributed by atoms with Gasteiger partial charge in [0.2, 0.25) is 5.91 Å². The summed E-state index contributed by atoms with van der Waals surface area (Å²) in [5.74, 6) is -0.703. The van der Waals surface area contributed by atoms with E-state index in [9.17, 15) is 14.4 Å². The Balaban J connectivity index is 2.12. The Kier molecular flexibility index (Phi) is 4.95. The number of pyridine rings is 1. The zero-order valence-corrected chi connectivity index (χ0v) is 12.6. The first kappa shape index (κ1) is 15.8. The highest BCUT2D eigenvalue weighted by atomic mass is 35.5. The van der Waals surface area contributed by atoms with E-state index in [4.69, 9.17) is 11.6 Å². The molecule has 0 fully saturated rings.